The summed E-state index contributed by atoms with van der Waals surface area (Å²) in [5.74, 6) is -0.0663. The Morgan fingerprint density at radius 3 is 2.69 bits per heavy atom. The zero-order valence-electron chi connectivity index (χ0n) is 9.91. The van der Waals surface area contributed by atoms with Crippen LogP contribution in [0, 0.1) is 5.41 Å². The number of likely N-dealkylation sites (tertiary alicyclic amines) is 1. The zero-order valence-corrected chi connectivity index (χ0v) is 9.91. The molecule has 1 fully saturated rings. The number of amides is 1. The fraction of sp³-hybridized carbons (Fsp3) is 0.800. The third-order valence-corrected chi connectivity index (χ3v) is 2.33. The Labute approximate surface area is 95.0 Å². The predicted molar refractivity (Wildman–Crippen MR) is 58.6 cm³/mol. The molecule has 0 aromatic heterocycles. The lowest BCUT2D eigenvalue weighted by Gasteiger charge is -2.28. The number of rotatable bonds is 1. The summed E-state index contributed by atoms with van der Waals surface area (Å²) in [5.41, 5.74) is 1.25. The van der Waals surface area contributed by atoms with E-state index in [0.717, 1.165) is 6.42 Å². The fourth-order valence-corrected chi connectivity index (χ4v) is 1.68. The number of nitrogens with zero attached hydrogens (tertiary/aromatic N) is 1. The van der Waals surface area contributed by atoms with Crippen LogP contribution in [0.25, 0.3) is 0 Å². The summed E-state index contributed by atoms with van der Waals surface area (Å²) in [5, 5.41) is 16.2. The molecule has 0 saturated carbocycles. The molecule has 0 spiro atoms. The molecule has 0 aromatic carbocycles. The van der Waals surface area contributed by atoms with Gasteiger partial charge in [-0.2, -0.15) is 0 Å². The summed E-state index contributed by atoms with van der Waals surface area (Å²) in [6, 6.07) is -0.403. The first kappa shape index (κ1) is 12.8. The van der Waals surface area contributed by atoms with Gasteiger partial charge in [0.15, 0.2) is 0 Å². The van der Waals surface area contributed by atoms with Crippen molar-refractivity contribution in [1.29, 1.82) is 5.41 Å². The van der Waals surface area contributed by atoms with Crippen LogP contribution >= 0.6 is 0 Å². The van der Waals surface area contributed by atoms with E-state index in [9.17, 15) is 4.79 Å². The van der Waals surface area contributed by atoms with E-state index in [1.807, 2.05) is 0 Å². The molecule has 3 N–H and O–H groups in total. The lowest BCUT2D eigenvalue weighted by molar-refractivity contribution is 0.0259. The zero-order chi connectivity index (χ0) is 12.3. The summed E-state index contributed by atoms with van der Waals surface area (Å²) in [6.45, 7) is 5.95. The second kappa shape index (κ2) is 4.69. The minimum Gasteiger partial charge on any atom is -0.444 e. The molecule has 1 amide bonds. The lowest BCUT2D eigenvalue weighted by Crippen LogP contribution is -2.46. The van der Waals surface area contributed by atoms with E-state index >= 15 is 0 Å². The van der Waals surface area contributed by atoms with Gasteiger partial charge in [0.1, 0.15) is 11.4 Å². The molecule has 1 rings (SSSR count). The van der Waals surface area contributed by atoms with Crippen LogP contribution in [0.1, 0.15) is 33.6 Å². The predicted octanol–water partition coefficient (Wildman–Crippen LogP) is 1.34. The van der Waals surface area contributed by atoms with Gasteiger partial charge in [-0.05, 0) is 33.6 Å². The van der Waals surface area contributed by atoms with Crippen molar-refractivity contribution in [2.45, 2.75) is 45.3 Å². The van der Waals surface area contributed by atoms with Crippen molar-refractivity contribution in [3.05, 3.63) is 0 Å². The van der Waals surface area contributed by atoms with Crippen LogP contribution in [0.2, 0.25) is 0 Å². The van der Waals surface area contributed by atoms with Crippen LogP contribution < -0.4 is 5.48 Å². The largest absolute Gasteiger partial charge is 0.444 e. The third kappa shape index (κ3) is 3.10. The Hall–Kier alpha value is -1.30. The number of ether oxygens (including phenoxy) is 1. The van der Waals surface area contributed by atoms with E-state index in [0.29, 0.717) is 13.0 Å². The van der Waals surface area contributed by atoms with Gasteiger partial charge in [0, 0.05) is 6.54 Å². The molecule has 92 valence electrons. The topological polar surface area (TPSA) is 85.7 Å². The van der Waals surface area contributed by atoms with Crippen molar-refractivity contribution >= 4 is 11.9 Å². The van der Waals surface area contributed by atoms with Crippen LogP contribution in [-0.2, 0) is 4.74 Å². The minimum atomic E-state index is -0.543. The molecule has 0 aliphatic carbocycles. The van der Waals surface area contributed by atoms with Gasteiger partial charge in [0.25, 0.3) is 0 Å². The standard InChI is InChI=1S/C10H19N3O3/c1-10(2,3)16-9(14)13-6-4-5-7(13)8(11)12-15/h7,15H,4-6H2,1-3H3,(H2,11,12). The van der Waals surface area contributed by atoms with Crippen molar-refractivity contribution in [2.24, 2.45) is 0 Å². The molecule has 0 radical (unpaired) electrons. The first-order valence-electron chi connectivity index (χ1n) is 5.33. The molecule has 0 bridgehead atoms. The first-order chi connectivity index (χ1) is 7.35. The highest BCUT2D eigenvalue weighted by Crippen LogP contribution is 2.20. The lowest BCUT2D eigenvalue weighted by atomic mass is 10.2. The first-order valence-corrected chi connectivity index (χ1v) is 5.33. The Morgan fingerprint density at radius 1 is 1.56 bits per heavy atom. The van der Waals surface area contributed by atoms with Gasteiger partial charge in [-0.1, -0.05) is 0 Å². The summed E-state index contributed by atoms with van der Waals surface area (Å²) >= 11 is 0. The molecule has 1 atom stereocenters. The van der Waals surface area contributed by atoms with Gasteiger partial charge in [-0.25, -0.2) is 4.79 Å². The van der Waals surface area contributed by atoms with Crippen LogP contribution in [-0.4, -0.2) is 40.2 Å². The highest BCUT2D eigenvalue weighted by Gasteiger charge is 2.34. The third-order valence-electron chi connectivity index (χ3n) is 2.33. The van der Waals surface area contributed by atoms with E-state index in [4.69, 9.17) is 15.4 Å². The highest BCUT2D eigenvalue weighted by atomic mass is 16.6. The maximum atomic E-state index is 11.8. The molecule has 0 aromatic rings. The van der Waals surface area contributed by atoms with Crippen molar-refractivity contribution in [3.63, 3.8) is 0 Å². The molecule has 1 aliphatic rings. The SMILES string of the molecule is CC(C)(C)OC(=O)N1CCCC1C(=N)NO. The second-order valence-corrected chi connectivity index (χ2v) is 4.86. The fourth-order valence-electron chi connectivity index (χ4n) is 1.68. The molecule has 1 saturated heterocycles. The molecule has 1 unspecified atom stereocenters. The Balaban J connectivity index is 2.65. The maximum Gasteiger partial charge on any atom is 0.410 e. The molecular formula is C10H19N3O3. The van der Waals surface area contributed by atoms with Crippen LogP contribution in [0.15, 0.2) is 0 Å². The Morgan fingerprint density at radius 2 is 2.19 bits per heavy atom. The van der Waals surface area contributed by atoms with Crippen molar-refractivity contribution in [1.82, 2.24) is 10.4 Å². The Kier molecular flexibility index (Phi) is 3.74. The van der Waals surface area contributed by atoms with Crippen LogP contribution in [0.3, 0.4) is 0 Å². The summed E-state index contributed by atoms with van der Waals surface area (Å²) in [4.78, 5) is 13.3. The number of amidine groups is 1. The highest BCUT2D eigenvalue weighted by molar-refractivity contribution is 5.87. The summed E-state index contributed by atoms with van der Waals surface area (Å²) < 4.78 is 5.23. The van der Waals surface area contributed by atoms with Gasteiger partial charge < -0.3 is 4.74 Å². The number of nitrogens with one attached hydrogen (secondary N) is 2. The Bertz CT molecular complexity index is 286. The molecular weight excluding hydrogens is 210 g/mol. The molecule has 1 heterocycles. The van der Waals surface area contributed by atoms with Gasteiger partial charge in [-0.3, -0.25) is 21.0 Å². The number of hydrogen-bond donors (Lipinski definition) is 3. The van der Waals surface area contributed by atoms with Gasteiger partial charge in [-0.15, -0.1) is 0 Å². The number of carbonyl (C=O) groups excluding carboxylic acids is 1. The average Bonchev–Trinajstić information content (AvgIpc) is 2.62. The van der Waals surface area contributed by atoms with E-state index in [-0.39, 0.29) is 5.84 Å². The van der Waals surface area contributed by atoms with Crippen molar-refractivity contribution < 1.29 is 14.7 Å². The molecule has 6 nitrogen and oxygen atoms in total. The van der Waals surface area contributed by atoms with Crippen LogP contribution in [0.4, 0.5) is 4.79 Å². The maximum absolute atomic E-state index is 11.8. The van der Waals surface area contributed by atoms with E-state index in [1.165, 1.54) is 4.90 Å². The summed E-state index contributed by atoms with van der Waals surface area (Å²) in [6.07, 6.45) is 1.05. The van der Waals surface area contributed by atoms with Gasteiger partial charge in [0.2, 0.25) is 0 Å². The number of hydrogen-bond acceptors (Lipinski definition) is 4. The van der Waals surface area contributed by atoms with Crippen molar-refractivity contribution in [3.8, 4) is 0 Å². The number of carbonyl (C=O) groups is 1. The molecule has 1 aliphatic heterocycles. The van der Waals surface area contributed by atoms with Crippen molar-refractivity contribution in [2.75, 3.05) is 6.54 Å². The quantitative estimate of drug-likeness (QED) is 0.360. The smallest absolute Gasteiger partial charge is 0.410 e. The monoisotopic (exact) mass is 229 g/mol. The van der Waals surface area contributed by atoms with E-state index < -0.39 is 17.7 Å². The van der Waals surface area contributed by atoms with Crippen LogP contribution in [0.5, 0.6) is 0 Å². The second-order valence-electron chi connectivity index (χ2n) is 4.86. The summed E-state index contributed by atoms with van der Waals surface area (Å²) in [7, 11) is 0. The van der Waals surface area contributed by atoms with Gasteiger partial charge in [0.05, 0.1) is 6.04 Å². The number of hydroxylamine groups is 1. The average molecular weight is 229 g/mol. The van der Waals surface area contributed by atoms with Gasteiger partial charge >= 0.3 is 6.09 Å². The minimum absolute atomic E-state index is 0.0663. The normalized spacial score (nSPS) is 20.8. The molecule has 16 heavy (non-hydrogen) atoms. The molecule has 6 heteroatoms. The van der Waals surface area contributed by atoms with E-state index in [2.05, 4.69) is 0 Å². The van der Waals surface area contributed by atoms with E-state index in [1.54, 1.807) is 26.3 Å².